The summed E-state index contributed by atoms with van der Waals surface area (Å²) in [6.45, 7) is 2.63. The number of carbonyl (C=O) groups is 3. The number of nitrogens with zero attached hydrogens (tertiary/aromatic N) is 2. The third kappa shape index (κ3) is 5.43. The zero-order valence-electron chi connectivity index (χ0n) is 11.5. The van der Waals surface area contributed by atoms with E-state index in [4.69, 9.17) is 10.2 Å². The van der Waals surface area contributed by atoms with E-state index in [-0.39, 0.29) is 19.3 Å². The Balaban J connectivity index is 2.42. The van der Waals surface area contributed by atoms with Gasteiger partial charge in [0.15, 0.2) is 0 Å². The van der Waals surface area contributed by atoms with Crippen molar-refractivity contribution in [1.82, 2.24) is 15.1 Å². The molecule has 1 rings (SSSR count). The molecule has 2 amide bonds. The number of likely N-dealkylation sites (N-methyl/N-ethyl adjacent to an activating group) is 1. The van der Waals surface area contributed by atoms with Crippen molar-refractivity contribution >= 4 is 18.0 Å². The topological polar surface area (TPSA) is 110 Å². The molecule has 0 saturated carbocycles. The smallest absolute Gasteiger partial charge is 0.326 e. The number of hydrogen-bond donors (Lipinski definition) is 3. The number of nitrogens with one attached hydrogen (secondary N) is 1. The minimum Gasteiger partial charge on any atom is -0.481 e. The van der Waals surface area contributed by atoms with Crippen LogP contribution in [0.5, 0.6) is 0 Å². The lowest BCUT2D eigenvalue weighted by molar-refractivity contribution is -0.140. The molecule has 0 aromatic carbocycles. The molecule has 0 radical (unpaired) electrons. The maximum Gasteiger partial charge on any atom is 0.326 e. The number of hydrogen-bond acceptors (Lipinski definition) is 4. The number of carboxylic acids is 2. The van der Waals surface area contributed by atoms with Crippen LogP contribution in [0.4, 0.5) is 4.79 Å². The quantitative estimate of drug-likeness (QED) is 0.616. The van der Waals surface area contributed by atoms with Crippen LogP contribution in [0, 0.1) is 0 Å². The van der Waals surface area contributed by atoms with Crippen LogP contribution in [0.1, 0.15) is 19.3 Å². The Morgan fingerprint density at radius 2 is 1.75 bits per heavy atom. The Kier molecular flexibility index (Phi) is 6.23. The molecule has 0 aromatic rings. The van der Waals surface area contributed by atoms with E-state index >= 15 is 0 Å². The first kappa shape index (κ1) is 16.2. The number of urea groups is 1. The fourth-order valence-electron chi connectivity index (χ4n) is 1.96. The maximum absolute atomic E-state index is 11.9. The van der Waals surface area contributed by atoms with E-state index in [0.717, 1.165) is 13.1 Å². The SMILES string of the molecule is CN1CCN(C(=O)N[C@H](CCCC(=O)O)C(=O)O)CC1. The van der Waals surface area contributed by atoms with Crippen LogP contribution in [0.3, 0.4) is 0 Å². The lowest BCUT2D eigenvalue weighted by atomic mass is 10.1. The highest BCUT2D eigenvalue weighted by atomic mass is 16.4. The second-order valence-electron chi connectivity index (χ2n) is 4.92. The van der Waals surface area contributed by atoms with Crippen molar-refractivity contribution in [2.75, 3.05) is 33.2 Å². The lowest BCUT2D eigenvalue weighted by Crippen LogP contribution is -2.53. The highest BCUT2D eigenvalue weighted by Crippen LogP contribution is 2.05. The number of carboxylic acid groups (broad SMARTS) is 2. The van der Waals surface area contributed by atoms with Crippen molar-refractivity contribution in [2.24, 2.45) is 0 Å². The molecule has 3 N–H and O–H groups in total. The van der Waals surface area contributed by atoms with Crippen LogP contribution in [-0.4, -0.2) is 77.3 Å². The molecular formula is C12H21N3O5. The van der Waals surface area contributed by atoms with Crippen molar-refractivity contribution in [3.05, 3.63) is 0 Å². The van der Waals surface area contributed by atoms with E-state index in [2.05, 4.69) is 10.2 Å². The van der Waals surface area contributed by atoms with E-state index in [0.29, 0.717) is 13.1 Å². The molecule has 1 aliphatic rings. The molecule has 0 aromatic heterocycles. The van der Waals surface area contributed by atoms with Crippen molar-refractivity contribution < 1.29 is 24.6 Å². The number of aliphatic carboxylic acids is 2. The van der Waals surface area contributed by atoms with Crippen LogP contribution in [0.15, 0.2) is 0 Å². The molecule has 20 heavy (non-hydrogen) atoms. The molecule has 114 valence electrons. The lowest BCUT2D eigenvalue weighted by Gasteiger charge is -2.33. The maximum atomic E-state index is 11.9. The van der Waals surface area contributed by atoms with E-state index in [1.54, 1.807) is 4.90 Å². The minimum absolute atomic E-state index is 0.103. The van der Waals surface area contributed by atoms with Gasteiger partial charge >= 0.3 is 18.0 Å². The molecule has 8 nitrogen and oxygen atoms in total. The van der Waals surface area contributed by atoms with Gasteiger partial charge in [0.05, 0.1) is 0 Å². The summed E-state index contributed by atoms with van der Waals surface area (Å²) >= 11 is 0. The first-order valence-corrected chi connectivity index (χ1v) is 6.58. The molecular weight excluding hydrogens is 266 g/mol. The Bertz CT molecular complexity index is 366. The Morgan fingerprint density at radius 3 is 2.25 bits per heavy atom. The third-order valence-electron chi connectivity index (χ3n) is 3.27. The molecule has 0 bridgehead atoms. The molecule has 8 heteroatoms. The number of piperazine rings is 1. The van der Waals surface area contributed by atoms with Crippen molar-refractivity contribution in [3.8, 4) is 0 Å². The van der Waals surface area contributed by atoms with Gasteiger partial charge in [-0.05, 0) is 19.9 Å². The van der Waals surface area contributed by atoms with Crippen LogP contribution in [0.25, 0.3) is 0 Å². The summed E-state index contributed by atoms with van der Waals surface area (Å²) in [5.74, 6) is -2.11. The van der Waals surface area contributed by atoms with E-state index < -0.39 is 24.0 Å². The average Bonchev–Trinajstić information content (AvgIpc) is 2.37. The molecule has 0 aliphatic carbocycles. The summed E-state index contributed by atoms with van der Waals surface area (Å²) in [5, 5.41) is 20.0. The number of rotatable bonds is 6. The van der Waals surface area contributed by atoms with Gasteiger partial charge < -0.3 is 25.3 Å². The van der Waals surface area contributed by atoms with Crippen molar-refractivity contribution in [1.29, 1.82) is 0 Å². The molecule has 0 unspecified atom stereocenters. The Labute approximate surface area is 117 Å². The third-order valence-corrected chi connectivity index (χ3v) is 3.27. The molecule has 1 aliphatic heterocycles. The summed E-state index contributed by atoms with van der Waals surface area (Å²) in [5.41, 5.74) is 0. The molecule has 1 heterocycles. The molecule has 1 fully saturated rings. The number of carbonyl (C=O) groups excluding carboxylic acids is 1. The Hall–Kier alpha value is -1.83. The molecule has 0 spiro atoms. The first-order chi connectivity index (χ1) is 9.40. The van der Waals surface area contributed by atoms with Gasteiger partial charge in [-0.1, -0.05) is 0 Å². The van der Waals surface area contributed by atoms with Gasteiger partial charge in [-0.2, -0.15) is 0 Å². The van der Waals surface area contributed by atoms with Gasteiger partial charge in [0.25, 0.3) is 0 Å². The van der Waals surface area contributed by atoms with E-state index in [1.165, 1.54) is 0 Å². The minimum atomic E-state index is -1.14. The highest BCUT2D eigenvalue weighted by molar-refractivity contribution is 5.82. The van der Waals surface area contributed by atoms with Crippen LogP contribution in [-0.2, 0) is 9.59 Å². The highest BCUT2D eigenvalue weighted by Gasteiger charge is 2.24. The van der Waals surface area contributed by atoms with Crippen LogP contribution >= 0.6 is 0 Å². The second-order valence-corrected chi connectivity index (χ2v) is 4.92. The van der Waals surface area contributed by atoms with E-state index in [9.17, 15) is 14.4 Å². The first-order valence-electron chi connectivity index (χ1n) is 6.58. The second kappa shape index (κ2) is 7.68. The zero-order valence-corrected chi connectivity index (χ0v) is 11.5. The van der Waals surface area contributed by atoms with E-state index in [1.807, 2.05) is 7.05 Å². The summed E-state index contributed by atoms with van der Waals surface area (Å²) in [6.07, 6.45) is 0.227. The van der Waals surface area contributed by atoms with Crippen LogP contribution < -0.4 is 5.32 Å². The Morgan fingerprint density at radius 1 is 1.15 bits per heavy atom. The van der Waals surface area contributed by atoms with Gasteiger partial charge in [-0.15, -0.1) is 0 Å². The van der Waals surface area contributed by atoms with Crippen molar-refractivity contribution in [2.45, 2.75) is 25.3 Å². The summed E-state index contributed by atoms with van der Waals surface area (Å²) in [7, 11) is 1.96. The monoisotopic (exact) mass is 287 g/mol. The normalized spacial score (nSPS) is 17.6. The van der Waals surface area contributed by atoms with Gasteiger partial charge in [0, 0.05) is 32.6 Å². The summed E-state index contributed by atoms with van der Waals surface area (Å²) < 4.78 is 0. The largest absolute Gasteiger partial charge is 0.481 e. The van der Waals surface area contributed by atoms with Crippen LogP contribution in [0.2, 0.25) is 0 Å². The van der Waals surface area contributed by atoms with Gasteiger partial charge in [0.1, 0.15) is 6.04 Å². The van der Waals surface area contributed by atoms with Gasteiger partial charge in [-0.25, -0.2) is 9.59 Å². The standard InChI is InChI=1S/C12H21N3O5/c1-14-5-7-15(8-6-14)12(20)13-9(11(18)19)3-2-4-10(16)17/h9H,2-8H2,1H3,(H,13,20)(H,16,17)(H,18,19)/t9-/m1/s1. The van der Waals surface area contributed by atoms with Gasteiger partial charge in [0.2, 0.25) is 0 Å². The fourth-order valence-corrected chi connectivity index (χ4v) is 1.96. The summed E-state index contributed by atoms with van der Waals surface area (Å²) in [6, 6.07) is -1.44. The van der Waals surface area contributed by atoms with Gasteiger partial charge in [-0.3, -0.25) is 4.79 Å². The molecule has 1 saturated heterocycles. The zero-order chi connectivity index (χ0) is 15.1. The average molecular weight is 287 g/mol. The van der Waals surface area contributed by atoms with Crippen molar-refractivity contribution in [3.63, 3.8) is 0 Å². The summed E-state index contributed by atoms with van der Waals surface area (Å²) in [4.78, 5) is 37.1. The predicted molar refractivity (Wildman–Crippen MR) is 70.5 cm³/mol. The molecule has 1 atom stereocenters. The predicted octanol–water partition coefficient (Wildman–Crippen LogP) is -0.348. The fraction of sp³-hybridized carbons (Fsp3) is 0.750. The number of amides is 2.